The Labute approximate surface area is 141 Å². The van der Waals surface area contributed by atoms with Crippen molar-refractivity contribution in [3.63, 3.8) is 0 Å². The lowest BCUT2D eigenvalue weighted by Gasteiger charge is -2.53. The van der Waals surface area contributed by atoms with Crippen LogP contribution >= 0.6 is 0 Å². The zero-order chi connectivity index (χ0) is 23.0. The summed E-state index contributed by atoms with van der Waals surface area (Å²) in [6.07, 6.45) is -29.6. The van der Waals surface area contributed by atoms with Gasteiger partial charge in [-0.3, -0.25) is 9.47 Å². The van der Waals surface area contributed by atoms with E-state index in [1.165, 1.54) is 0 Å². The molecule has 1 saturated heterocycles. The van der Waals surface area contributed by atoms with Crippen LogP contribution < -0.4 is 0 Å². The maximum Gasteiger partial charge on any atom is 0.458 e. The van der Waals surface area contributed by atoms with Gasteiger partial charge in [0.05, 0.1) is 0 Å². The predicted octanol–water partition coefficient (Wildman–Crippen LogP) is 3.13. The van der Waals surface area contributed by atoms with E-state index in [2.05, 4.69) is 0 Å². The molecule has 1 aliphatic rings. The molecule has 0 amide bonds. The molecule has 19 heteroatoms. The second-order valence-electron chi connectivity index (χ2n) is 5.02. The Morgan fingerprint density at radius 2 is 1.04 bits per heavy atom. The number of ether oxygens (including phenoxy) is 2. The predicted molar refractivity (Wildman–Crippen MR) is 49.4 cm³/mol. The van der Waals surface area contributed by atoms with Crippen LogP contribution in [0.5, 0.6) is 0 Å². The normalized spacial score (nSPS) is 36.7. The Kier molecular flexibility index (Phi) is 4.98. The number of alkyl halides is 14. The fourth-order valence-electron chi connectivity index (χ4n) is 1.84. The van der Waals surface area contributed by atoms with Gasteiger partial charge in [0.2, 0.25) is 0 Å². The molecule has 166 valence electrons. The summed E-state index contributed by atoms with van der Waals surface area (Å²) in [5, 5.41) is 17.1. The van der Waals surface area contributed by atoms with Crippen LogP contribution in [0.25, 0.3) is 0 Å². The van der Waals surface area contributed by atoms with Crippen molar-refractivity contribution in [1.82, 2.24) is 0 Å². The van der Waals surface area contributed by atoms with E-state index in [4.69, 9.17) is 10.2 Å². The topological polar surface area (TPSA) is 76.0 Å². The summed E-state index contributed by atoms with van der Waals surface area (Å²) in [5.41, 5.74) is -7.04. The van der Waals surface area contributed by atoms with Crippen LogP contribution in [0.1, 0.15) is 0 Å². The fraction of sp³-hybridized carbons (Fsp3) is 0.889. The zero-order valence-corrected chi connectivity index (χ0v) is 11.9. The monoisotopic (exact) mass is 456 g/mol. The van der Waals surface area contributed by atoms with Crippen LogP contribution in [-0.2, 0) is 14.3 Å². The highest BCUT2D eigenvalue weighted by molar-refractivity contribution is 5.80. The van der Waals surface area contributed by atoms with E-state index in [0.717, 1.165) is 0 Å². The van der Waals surface area contributed by atoms with Crippen molar-refractivity contribution < 1.29 is 85.9 Å². The minimum absolute atomic E-state index is 1.73. The molecule has 1 rings (SSSR count). The molecule has 0 aromatic rings. The van der Waals surface area contributed by atoms with Gasteiger partial charge in [0.15, 0.2) is 0 Å². The number of aliphatic hydroxyl groups is 1. The summed E-state index contributed by atoms with van der Waals surface area (Å²) in [4.78, 5) is 10.5. The minimum atomic E-state index is -7.58. The molecule has 2 N–H and O–H groups in total. The summed E-state index contributed by atoms with van der Waals surface area (Å²) >= 11 is 0. The van der Waals surface area contributed by atoms with Gasteiger partial charge in [-0.1, -0.05) is 0 Å². The highest BCUT2D eigenvalue weighted by Crippen LogP contribution is 2.65. The number of carbonyl (C=O) groups is 1. The molecule has 4 atom stereocenters. The number of aliphatic carboxylic acids is 1. The third-order valence-electron chi connectivity index (χ3n) is 3.25. The van der Waals surface area contributed by atoms with Crippen LogP contribution in [0.4, 0.5) is 61.5 Å². The molecule has 0 radical (unpaired) electrons. The first-order valence-electron chi connectivity index (χ1n) is 5.86. The van der Waals surface area contributed by atoms with Gasteiger partial charge in [-0.2, -0.15) is 57.1 Å². The lowest BCUT2D eigenvalue weighted by molar-refractivity contribution is -0.616. The number of carboxylic acid groups (broad SMARTS) is 1. The number of carboxylic acids is 1. The Balaban J connectivity index is 4.06. The van der Waals surface area contributed by atoms with Gasteiger partial charge >= 0.3 is 53.8 Å². The molecule has 1 fully saturated rings. The van der Waals surface area contributed by atoms with Gasteiger partial charge in [-0.15, -0.1) is 0 Å². The number of hydrogen-bond acceptors (Lipinski definition) is 4. The van der Waals surface area contributed by atoms with Gasteiger partial charge in [0.1, 0.15) is 0 Å². The first kappa shape index (κ1) is 24.4. The average molecular weight is 456 g/mol. The first-order valence-corrected chi connectivity index (χ1v) is 5.86. The van der Waals surface area contributed by atoms with Gasteiger partial charge < -0.3 is 10.2 Å². The average Bonchev–Trinajstić information content (AvgIpc) is 2.39. The minimum Gasteiger partial charge on any atom is -0.479 e. The molecule has 4 unspecified atom stereocenters. The number of rotatable bonds is 2. The number of hydrogen-bond donors (Lipinski definition) is 2. The third-order valence-corrected chi connectivity index (χ3v) is 3.25. The zero-order valence-electron chi connectivity index (χ0n) is 11.9. The third kappa shape index (κ3) is 2.69. The van der Waals surface area contributed by atoms with Crippen molar-refractivity contribution in [2.24, 2.45) is 0 Å². The largest absolute Gasteiger partial charge is 0.479 e. The van der Waals surface area contributed by atoms with Crippen molar-refractivity contribution in [2.75, 3.05) is 0 Å². The smallest absolute Gasteiger partial charge is 0.458 e. The second-order valence-corrected chi connectivity index (χ2v) is 5.02. The number of halogens is 14. The van der Waals surface area contributed by atoms with E-state index in [-0.39, 0.29) is 0 Å². The Morgan fingerprint density at radius 1 is 0.679 bits per heavy atom. The van der Waals surface area contributed by atoms with E-state index in [9.17, 15) is 66.3 Å². The Morgan fingerprint density at radius 3 is 1.29 bits per heavy atom. The van der Waals surface area contributed by atoms with E-state index < -0.39 is 53.8 Å². The van der Waals surface area contributed by atoms with Crippen molar-refractivity contribution in [1.29, 1.82) is 0 Å². The molecule has 0 aliphatic carbocycles. The molecule has 0 bridgehead atoms. The molecule has 5 nitrogen and oxygen atoms in total. The van der Waals surface area contributed by atoms with Crippen LogP contribution in [0, 0.1) is 0 Å². The van der Waals surface area contributed by atoms with Crippen molar-refractivity contribution >= 4 is 5.97 Å². The molecule has 0 aromatic heterocycles. The van der Waals surface area contributed by atoms with Gasteiger partial charge in [0.25, 0.3) is 0 Å². The Hall–Kier alpha value is -1.63. The van der Waals surface area contributed by atoms with E-state index in [1.54, 1.807) is 4.74 Å². The Bertz CT molecular complexity index is 655. The van der Waals surface area contributed by atoms with Crippen LogP contribution in [-0.4, -0.2) is 64.0 Å². The van der Waals surface area contributed by atoms with Gasteiger partial charge in [-0.05, 0) is 0 Å². The highest BCUT2D eigenvalue weighted by atomic mass is 19.4. The van der Waals surface area contributed by atoms with Crippen LogP contribution in [0.2, 0.25) is 0 Å². The molecule has 0 aromatic carbocycles. The van der Waals surface area contributed by atoms with Crippen molar-refractivity contribution in [3.8, 4) is 0 Å². The molecular formula is C9H2F14O5. The molecule has 1 heterocycles. The SMILES string of the molecule is O=C(O)C(O)(C(F)(F)F)C1(F)OC(F)(C(F)(F)F)C(F)(F)OC1(F)C(F)(F)F. The highest BCUT2D eigenvalue weighted by Gasteiger charge is 2.97. The van der Waals surface area contributed by atoms with E-state index >= 15 is 0 Å². The lowest BCUT2D eigenvalue weighted by atomic mass is 9.85. The molecular weight excluding hydrogens is 454 g/mol. The maximum atomic E-state index is 14.4. The van der Waals surface area contributed by atoms with Crippen molar-refractivity contribution in [3.05, 3.63) is 0 Å². The standard InChI is InChI=1S/C9H2F14O5/c10-3(2(26,1(24)25)6(13,14)15)4(11,7(16,17)18)28-9(22,23)5(12,27-3)8(19,20)21/h26H,(H,24,25). The fourth-order valence-corrected chi connectivity index (χ4v) is 1.84. The van der Waals surface area contributed by atoms with Gasteiger partial charge in [-0.25, -0.2) is 9.18 Å². The quantitative estimate of drug-likeness (QED) is 0.625. The summed E-state index contributed by atoms with van der Waals surface area (Å²) in [7, 11) is 0. The molecule has 28 heavy (non-hydrogen) atoms. The molecule has 1 aliphatic heterocycles. The summed E-state index contributed by atoms with van der Waals surface area (Å²) in [5.74, 6) is -26.7. The second kappa shape index (κ2) is 5.71. The summed E-state index contributed by atoms with van der Waals surface area (Å²) in [6.45, 7) is 0. The van der Waals surface area contributed by atoms with Crippen LogP contribution in [0.3, 0.4) is 0 Å². The molecule has 0 spiro atoms. The maximum absolute atomic E-state index is 14.4. The van der Waals surface area contributed by atoms with Gasteiger partial charge in [0, 0.05) is 0 Å². The first-order chi connectivity index (χ1) is 11.9. The van der Waals surface area contributed by atoms with E-state index in [1.807, 2.05) is 4.74 Å². The van der Waals surface area contributed by atoms with Crippen molar-refractivity contribution in [2.45, 2.75) is 47.8 Å². The lowest BCUT2D eigenvalue weighted by Crippen LogP contribution is -2.84. The molecule has 0 saturated carbocycles. The summed E-state index contributed by atoms with van der Waals surface area (Å²) in [6, 6.07) is 0. The van der Waals surface area contributed by atoms with E-state index in [0.29, 0.717) is 0 Å². The summed E-state index contributed by atoms with van der Waals surface area (Å²) < 4.78 is 185. The van der Waals surface area contributed by atoms with Crippen LogP contribution in [0.15, 0.2) is 0 Å².